The van der Waals surface area contributed by atoms with Crippen molar-refractivity contribution in [3.63, 3.8) is 0 Å². The first-order valence-corrected chi connectivity index (χ1v) is 14.3. The molecule has 0 aromatic carbocycles. The van der Waals surface area contributed by atoms with Gasteiger partial charge in [-0.3, -0.25) is 0 Å². The topological polar surface area (TPSA) is 73.2 Å². The molecule has 8 unspecified atom stereocenters. The number of piperidine rings is 1. The molecule has 4 aliphatic carbocycles. The summed E-state index contributed by atoms with van der Waals surface area (Å²) in [4.78, 5) is 8.81. The van der Waals surface area contributed by atoms with Gasteiger partial charge in [0.2, 0.25) is 0 Å². The first-order chi connectivity index (χ1) is 16.2. The Balaban J connectivity index is 0.000000303. The molecule has 0 amide bonds. The van der Waals surface area contributed by atoms with Crippen molar-refractivity contribution in [2.24, 2.45) is 34.5 Å². The summed E-state index contributed by atoms with van der Waals surface area (Å²) in [5.74, 6) is 3.04. The fourth-order valence-electron chi connectivity index (χ4n) is 8.69. The van der Waals surface area contributed by atoms with Crippen LogP contribution in [-0.4, -0.2) is 35.8 Å². The van der Waals surface area contributed by atoms with Crippen LogP contribution in [0, 0.1) is 39.9 Å². The van der Waals surface area contributed by atoms with Gasteiger partial charge in [-0.25, -0.2) is 0 Å². The highest BCUT2D eigenvalue weighted by molar-refractivity contribution is 5.82. The molecule has 0 aromatic heterocycles. The number of rotatable bonds is 2. The highest BCUT2D eigenvalue weighted by Gasteiger charge is 2.59. The van der Waals surface area contributed by atoms with E-state index in [4.69, 9.17) is 10.2 Å². The van der Waals surface area contributed by atoms with Crippen molar-refractivity contribution < 1.29 is 9.90 Å². The summed E-state index contributed by atoms with van der Waals surface area (Å²) in [5, 5.41) is 21.8. The standard InChI is InChI=1S/C21H33NO.C7H15N.C2H4O.CH4/c1-13(22)17-6-7-18-16-5-4-14-12-15(23)8-10-20(14,2)19(16)9-11-21(17,18)3;1-2-7-5-3-4-6-8-7;1-2-3;/h12,15-19,22-23H,4-11H2,1-3H3;7-8H,2-6H2,1H3;2H,1H3;1H4. The van der Waals surface area contributed by atoms with E-state index in [1.54, 1.807) is 5.57 Å². The Morgan fingerprint density at radius 2 is 1.83 bits per heavy atom. The predicted molar refractivity (Wildman–Crippen MR) is 149 cm³/mol. The lowest BCUT2D eigenvalue weighted by Gasteiger charge is -2.58. The largest absolute Gasteiger partial charge is 0.389 e. The second kappa shape index (κ2) is 13.0. The smallest absolute Gasteiger partial charge is 0.116 e. The lowest BCUT2D eigenvalue weighted by molar-refractivity contribution is -0.106. The predicted octanol–water partition coefficient (Wildman–Crippen LogP) is 7.35. The Morgan fingerprint density at radius 1 is 1.11 bits per heavy atom. The van der Waals surface area contributed by atoms with Gasteiger partial charge >= 0.3 is 0 Å². The molecule has 0 spiro atoms. The van der Waals surface area contributed by atoms with Crippen LogP contribution >= 0.6 is 0 Å². The maximum atomic E-state index is 10.0. The molecule has 1 saturated heterocycles. The van der Waals surface area contributed by atoms with Crippen molar-refractivity contribution in [2.45, 2.75) is 131 Å². The first kappa shape index (κ1) is 30.2. The van der Waals surface area contributed by atoms with Gasteiger partial charge in [0.1, 0.15) is 6.29 Å². The number of carbonyl (C=O) groups is 1. The number of carbonyl (C=O) groups excluding carboxylic acids is 1. The Bertz CT molecular complexity index is 727. The van der Waals surface area contributed by atoms with E-state index in [2.05, 4.69) is 32.2 Å². The first-order valence-electron chi connectivity index (χ1n) is 14.3. The zero-order valence-corrected chi connectivity index (χ0v) is 22.7. The van der Waals surface area contributed by atoms with Crippen LogP contribution in [0.15, 0.2) is 11.6 Å². The number of aldehydes is 1. The fourth-order valence-corrected chi connectivity index (χ4v) is 8.69. The van der Waals surface area contributed by atoms with Crippen LogP contribution in [0.25, 0.3) is 0 Å². The molecule has 0 radical (unpaired) electrons. The lowest BCUT2D eigenvalue weighted by Crippen LogP contribution is -2.51. The van der Waals surface area contributed by atoms with Gasteiger partial charge < -0.3 is 20.6 Å². The molecule has 1 aliphatic heterocycles. The summed E-state index contributed by atoms with van der Waals surface area (Å²) in [6.07, 6.45) is 18.2. The van der Waals surface area contributed by atoms with Gasteiger partial charge in [0, 0.05) is 17.7 Å². The van der Waals surface area contributed by atoms with Gasteiger partial charge in [0.15, 0.2) is 0 Å². The molecule has 4 fully saturated rings. The summed E-state index contributed by atoms with van der Waals surface area (Å²) in [6.45, 7) is 12.0. The van der Waals surface area contributed by atoms with Crippen molar-refractivity contribution >= 4 is 12.0 Å². The SMILES string of the molecule is C.CC(=N)C1CCC2C3CCC4=CC(O)CCC4(C)C3CCC12C.CC=O.CCC1CCCCN1. The second-order valence-electron chi connectivity index (χ2n) is 12.3. The molecule has 4 heteroatoms. The Labute approximate surface area is 216 Å². The number of hydrogen-bond acceptors (Lipinski definition) is 4. The van der Waals surface area contributed by atoms with Crippen LogP contribution < -0.4 is 5.32 Å². The fraction of sp³-hybridized carbons (Fsp3) is 0.871. The average Bonchev–Trinajstić information content (AvgIpc) is 3.18. The van der Waals surface area contributed by atoms with Crippen LogP contribution in [-0.2, 0) is 4.79 Å². The van der Waals surface area contributed by atoms with Gasteiger partial charge in [-0.05, 0) is 120 Å². The summed E-state index contributed by atoms with van der Waals surface area (Å²) in [6, 6.07) is 0.837. The van der Waals surface area contributed by atoms with E-state index in [-0.39, 0.29) is 13.5 Å². The average molecular weight is 489 g/mol. The number of aliphatic hydroxyl groups excluding tert-OH is 1. The lowest BCUT2D eigenvalue weighted by atomic mass is 9.46. The van der Waals surface area contributed by atoms with Gasteiger partial charge in [0.25, 0.3) is 0 Å². The molecule has 4 nitrogen and oxygen atoms in total. The van der Waals surface area contributed by atoms with Crippen LogP contribution in [0.2, 0.25) is 0 Å². The van der Waals surface area contributed by atoms with E-state index in [0.29, 0.717) is 16.7 Å². The summed E-state index contributed by atoms with van der Waals surface area (Å²) < 4.78 is 0. The molecule has 3 N–H and O–H groups in total. The molecular weight excluding hydrogens is 432 g/mol. The molecule has 202 valence electrons. The van der Waals surface area contributed by atoms with Gasteiger partial charge in [-0.2, -0.15) is 0 Å². The molecular formula is C31H56N2O2. The number of aliphatic hydroxyl groups is 1. The second-order valence-corrected chi connectivity index (χ2v) is 12.3. The minimum Gasteiger partial charge on any atom is -0.389 e. The summed E-state index contributed by atoms with van der Waals surface area (Å²) >= 11 is 0. The maximum Gasteiger partial charge on any atom is 0.116 e. The van der Waals surface area contributed by atoms with E-state index < -0.39 is 0 Å². The maximum absolute atomic E-state index is 10.0. The molecule has 0 bridgehead atoms. The monoisotopic (exact) mass is 488 g/mol. The minimum atomic E-state index is -0.195. The normalized spacial score (nSPS) is 41.6. The van der Waals surface area contributed by atoms with Crippen molar-refractivity contribution in [2.75, 3.05) is 6.54 Å². The zero-order valence-electron chi connectivity index (χ0n) is 22.7. The van der Waals surface area contributed by atoms with Crippen LogP contribution in [0.1, 0.15) is 119 Å². The highest BCUT2D eigenvalue weighted by atomic mass is 16.3. The Morgan fingerprint density at radius 3 is 2.40 bits per heavy atom. The third kappa shape index (κ3) is 6.29. The number of hydrogen-bond donors (Lipinski definition) is 3. The highest BCUT2D eigenvalue weighted by Crippen LogP contribution is 2.66. The van der Waals surface area contributed by atoms with Gasteiger partial charge in [0.05, 0.1) is 6.10 Å². The molecule has 5 rings (SSSR count). The number of fused-ring (bicyclic) bond motifs is 5. The molecule has 5 aliphatic rings. The third-order valence-corrected chi connectivity index (χ3v) is 10.5. The molecule has 0 aromatic rings. The molecule has 1 heterocycles. The summed E-state index contributed by atoms with van der Waals surface area (Å²) in [5.41, 5.74) is 3.23. The zero-order chi connectivity index (χ0) is 24.9. The van der Waals surface area contributed by atoms with E-state index in [0.717, 1.165) is 42.2 Å². The number of allylic oxidation sites excluding steroid dienone is 1. The quantitative estimate of drug-likeness (QED) is 0.216. The van der Waals surface area contributed by atoms with Crippen LogP contribution in [0.3, 0.4) is 0 Å². The molecule has 8 atom stereocenters. The van der Waals surface area contributed by atoms with Crippen molar-refractivity contribution in [3.8, 4) is 0 Å². The molecule has 3 saturated carbocycles. The van der Waals surface area contributed by atoms with E-state index >= 15 is 0 Å². The van der Waals surface area contributed by atoms with E-state index in [9.17, 15) is 5.11 Å². The third-order valence-electron chi connectivity index (χ3n) is 10.5. The van der Waals surface area contributed by atoms with E-state index in [1.165, 1.54) is 84.1 Å². The van der Waals surface area contributed by atoms with E-state index in [1.807, 2.05) is 6.92 Å². The minimum absolute atomic E-state index is 0. The van der Waals surface area contributed by atoms with Crippen LogP contribution in [0.4, 0.5) is 0 Å². The Hall–Kier alpha value is -1.00. The Kier molecular flexibility index (Phi) is 11.2. The van der Waals surface area contributed by atoms with Gasteiger partial charge in [-0.1, -0.05) is 46.3 Å². The summed E-state index contributed by atoms with van der Waals surface area (Å²) in [7, 11) is 0. The van der Waals surface area contributed by atoms with Gasteiger partial charge in [-0.15, -0.1) is 0 Å². The van der Waals surface area contributed by atoms with Crippen LogP contribution in [0.5, 0.6) is 0 Å². The number of nitrogens with one attached hydrogen (secondary N) is 2. The van der Waals surface area contributed by atoms with Crippen molar-refractivity contribution in [1.82, 2.24) is 5.32 Å². The van der Waals surface area contributed by atoms with Crippen molar-refractivity contribution in [3.05, 3.63) is 11.6 Å². The molecule has 35 heavy (non-hydrogen) atoms. The van der Waals surface area contributed by atoms with Crippen molar-refractivity contribution in [1.29, 1.82) is 5.41 Å².